The van der Waals surface area contributed by atoms with Gasteiger partial charge in [-0.1, -0.05) is 94.8 Å². The fraction of sp³-hybridized carbons (Fsp3) is 0.258. The van der Waals surface area contributed by atoms with Crippen molar-refractivity contribution in [3.63, 3.8) is 0 Å². The van der Waals surface area contributed by atoms with Gasteiger partial charge in [-0.15, -0.1) is 6.58 Å². The second kappa shape index (κ2) is 12.5. The van der Waals surface area contributed by atoms with Gasteiger partial charge in [-0.25, -0.2) is 4.79 Å². The highest BCUT2D eigenvalue weighted by Crippen LogP contribution is 2.30. The van der Waals surface area contributed by atoms with Crippen molar-refractivity contribution in [2.45, 2.75) is 31.7 Å². The first-order chi connectivity index (χ1) is 19.4. The molecule has 0 radical (unpaired) electrons. The van der Waals surface area contributed by atoms with E-state index in [1.54, 1.807) is 20.9 Å². The average Bonchev–Trinajstić information content (AvgIpc) is 3.29. The summed E-state index contributed by atoms with van der Waals surface area (Å²) in [5.41, 5.74) is 2.92. The predicted octanol–water partition coefficient (Wildman–Crippen LogP) is 4.19. The van der Waals surface area contributed by atoms with Gasteiger partial charge in [0.2, 0.25) is 11.8 Å². The summed E-state index contributed by atoms with van der Waals surface area (Å²) in [6.07, 6.45) is 1.55. The van der Waals surface area contributed by atoms with Crippen molar-refractivity contribution >= 4 is 33.8 Å². The summed E-state index contributed by atoms with van der Waals surface area (Å²) >= 11 is 3.52. The lowest BCUT2D eigenvalue weighted by Gasteiger charge is -2.46. The highest BCUT2D eigenvalue weighted by atomic mass is 79.9. The van der Waals surface area contributed by atoms with Crippen molar-refractivity contribution in [2.75, 3.05) is 19.6 Å². The van der Waals surface area contributed by atoms with Crippen LogP contribution < -0.4 is 5.32 Å². The van der Waals surface area contributed by atoms with E-state index in [-0.39, 0.29) is 37.5 Å². The van der Waals surface area contributed by atoms with Crippen LogP contribution in [0.4, 0.5) is 4.79 Å². The van der Waals surface area contributed by atoms with E-state index in [4.69, 9.17) is 0 Å². The zero-order valence-corrected chi connectivity index (χ0v) is 23.7. The van der Waals surface area contributed by atoms with Gasteiger partial charge >= 0.3 is 6.03 Å². The van der Waals surface area contributed by atoms with Gasteiger partial charge in [0.25, 0.3) is 0 Å². The standard InChI is InChI=1S/C31H32BrN5O3/c1-2-16-35(31(40)33-19-24-12-7-4-8-13-24)36-22-29(38)37-27(18-23-10-5-3-6-11-23)30(39)34(21-28(36)37)20-25-14-9-15-26(32)17-25/h2-15,17,27-28H,1,16,18-22H2,(H,33,40)/t27-,28+/m0/s1. The SMILES string of the molecule is C=CCN(C(=O)NCc1ccccc1)N1CC(=O)N2[C@@H](Cc3ccccc3)C(=O)N(Cc3cccc(Br)c3)C[C@@H]21. The van der Waals surface area contributed by atoms with Crippen LogP contribution in [-0.2, 0) is 29.1 Å². The van der Waals surface area contributed by atoms with Crippen LogP contribution in [0.2, 0.25) is 0 Å². The van der Waals surface area contributed by atoms with Crippen LogP contribution in [0.1, 0.15) is 16.7 Å². The summed E-state index contributed by atoms with van der Waals surface area (Å²) < 4.78 is 0.932. The monoisotopic (exact) mass is 601 g/mol. The molecule has 0 aromatic heterocycles. The Morgan fingerprint density at radius 2 is 1.65 bits per heavy atom. The van der Waals surface area contributed by atoms with Gasteiger partial charge in [-0.2, -0.15) is 5.01 Å². The number of rotatable bonds is 9. The number of hydrogen-bond acceptors (Lipinski definition) is 4. The third-order valence-corrected chi connectivity index (χ3v) is 7.73. The van der Waals surface area contributed by atoms with E-state index in [1.165, 1.54) is 5.01 Å². The Balaban J connectivity index is 1.43. The van der Waals surface area contributed by atoms with Gasteiger partial charge < -0.3 is 15.1 Å². The molecule has 0 saturated carbocycles. The minimum atomic E-state index is -0.677. The number of piperazine rings is 1. The first kappa shape index (κ1) is 27.6. The lowest BCUT2D eigenvalue weighted by molar-refractivity contribution is -0.157. The maximum atomic E-state index is 13.9. The molecule has 0 unspecified atom stereocenters. The third kappa shape index (κ3) is 6.11. The Morgan fingerprint density at radius 3 is 2.33 bits per heavy atom. The number of carbonyl (C=O) groups is 3. The molecule has 8 nitrogen and oxygen atoms in total. The van der Waals surface area contributed by atoms with Crippen LogP contribution in [0, 0.1) is 0 Å². The van der Waals surface area contributed by atoms with E-state index in [2.05, 4.69) is 27.8 Å². The Bertz CT molecular complexity index is 1370. The summed E-state index contributed by atoms with van der Waals surface area (Å²) in [5.74, 6) is -0.273. The highest BCUT2D eigenvalue weighted by molar-refractivity contribution is 9.10. The quantitative estimate of drug-likeness (QED) is 0.373. The normalized spacial score (nSPS) is 18.9. The van der Waals surface area contributed by atoms with Gasteiger partial charge in [0, 0.05) is 24.0 Å². The number of hydrogen-bond donors (Lipinski definition) is 1. The molecule has 0 aliphatic carbocycles. The van der Waals surface area contributed by atoms with E-state index in [0.717, 1.165) is 21.2 Å². The van der Waals surface area contributed by atoms with Crippen molar-refractivity contribution in [3.8, 4) is 0 Å². The molecule has 2 aliphatic heterocycles. The average molecular weight is 603 g/mol. The number of hydrazine groups is 1. The van der Waals surface area contributed by atoms with Crippen LogP contribution in [0.15, 0.2) is 102 Å². The number of amides is 4. The van der Waals surface area contributed by atoms with Gasteiger partial charge in [-0.05, 0) is 28.8 Å². The molecular formula is C31H32BrN5O3. The first-order valence-electron chi connectivity index (χ1n) is 13.3. The van der Waals surface area contributed by atoms with Crippen LogP contribution in [-0.4, -0.2) is 69.5 Å². The third-order valence-electron chi connectivity index (χ3n) is 7.23. The fourth-order valence-electron chi connectivity index (χ4n) is 5.37. The lowest BCUT2D eigenvalue weighted by Crippen LogP contribution is -2.66. The lowest BCUT2D eigenvalue weighted by atomic mass is 10.00. The molecule has 2 atom stereocenters. The van der Waals surface area contributed by atoms with E-state index < -0.39 is 12.2 Å². The van der Waals surface area contributed by atoms with Crippen LogP contribution in [0.5, 0.6) is 0 Å². The zero-order chi connectivity index (χ0) is 28.1. The topological polar surface area (TPSA) is 76.2 Å². The smallest absolute Gasteiger partial charge is 0.332 e. The molecule has 1 N–H and O–H groups in total. The highest BCUT2D eigenvalue weighted by Gasteiger charge is 2.52. The van der Waals surface area contributed by atoms with Crippen molar-refractivity contribution in [1.29, 1.82) is 0 Å². The number of carbonyl (C=O) groups excluding carboxylic acids is 3. The summed E-state index contributed by atoms with van der Waals surface area (Å²) in [7, 11) is 0. The predicted molar refractivity (Wildman–Crippen MR) is 156 cm³/mol. The molecule has 9 heteroatoms. The van der Waals surface area contributed by atoms with E-state index in [0.29, 0.717) is 19.5 Å². The Labute approximate surface area is 243 Å². The van der Waals surface area contributed by atoms with Crippen LogP contribution >= 0.6 is 15.9 Å². The molecule has 40 heavy (non-hydrogen) atoms. The minimum Gasteiger partial charge on any atom is -0.333 e. The molecule has 2 aliphatic rings. The fourth-order valence-corrected chi connectivity index (χ4v) is 5.82. The molecule has 206 valence electrons. The maximum Gasteiger partial charge on any atom is 0.332 e. The maximum absolute atomic E-state index is 13.9. The summed E-state index contributed by atoms with van der Waals surface area (Å²) in [4.78, 5) is 44.3. The van der Waals surface area contributed by atoms with E-state index in [9.17, 15) is 14.4 Å². The van der Waals surface area contributed by atoms with Crippen molar-refractivity contribution in [3.05, 3.63) is 119 Å². The summed E-state index contributed by atoms with van der Waals surface area (Å²) in [6.45, 7) is 5.10. The molecule has 3 aromatic carbocycles. The number of nitrogens with one attached hydrogen (secondary N) is 1. The number of benzene rings is 3. The molecule has 2 fully saturated rings. The van der Waals surface area contributed by atoms with Crippen molar-refractivity contribution < 1.29 is 14.4 Å². The first-order valence-corrected chi connectivity index (χ1v) is 14.1. The molecule has 5 rings (SSSR count). The second-order valence-corrected chi connectivity index (χ2v) is 10.9. The number of fused-ring (bicyclic) bond motifs is 1. The molecule has 2 saturated heterocycles. The van der Waals surface area contributed by atoms with Crippen molar-refractivity contribution in [1.82, 2.24) is 25.1 Å². The van der Waals surface area contributed by atoms with E-state index >= 15 is 0 Å². The molecule has 2 heterocycles. The van der Waals surface area contributed by atoms with Gasteiger partial charge in [0.15, 0.2) is 0 Å². The van der Waals surface area contributed by atoms with Gasteiger partial charge in [-0.3, -0.25) is 14.6 Å². The molecule has 0 bridgehead atoms. The summed E-state index contributed by atoms with van der Waals surface area (Å²) in [6, 6.07) is 26.2. The Kier molecular flexibility index (Phi) is 8.62. The Morgan fingerprint density at radius 1 is 0.975 bits per heavy atom. The Hall–Kier alpha value is -3.95. The largest absolute Gasteiger partial charge is 0.333 e. The van der Waals surface area contributed by atoms with E-state index in [1.807, 2.05) is 84.9 Å². The minimum absolute atomic E-state index is 0.000554. The molecular weight excluding hydrogens is 570 g/mol. The molecule has 3 aromatic rings. The van der Waals surface area contributed by atoms with Crippen LogP contribution in [0.3, 0.4) is 0 Å². The van der Waals surface area contributed by atoms with Crippen LogP contribution in [0.25, 0.3) is 0 Å². The van der Waals surface area contributed by atoms with Gasteiger partial charge in [0.1, 0.15) is 12.2 Å². The molecule has 4 amide bonds. The second-order valence-electron chi connectivity index (χ2n) is 9.95. The summed E-state index contributed by atoms with van der Waals surface area (Å²) in [5, 5.41) is 6.28. The number of nitrogens with zero attached hydrogens (tertiary/aromatic N) is 4. The zero-order valence-electron chi connectivity index (χ0n) is 22.2. The number of halogens is 1. The number of urea groups is 1. The molecule has 0 spiro atoms. The van der Waals surface area contributed by atoms with Gasteiger partial charge in [0.05, 0.1) is 19.6 Å². The van der Waals surface area contributed by atoms with Crippen molar-refractivity contribution in [2.24, 2.45) is 0 Å².